The van der Waals surface area contributed by atoms with Crippen LogP contribution in [0.15, 0.2) is 97.2 Å². The van der Waals surface area contributed by atoms with E-state index in [4.69, 9.17) is 16.6 Å². The minimum Gasteiger partial charge on any atom is -0.268 e. The van der Waals surface area contributed by atoms with Gasteiger partial charge in [-0.15, -0.1) is 0 Å². The number of imidazole rings is 1. The van der Waals surface area contributed by atoms with Crippen molar-refractivity contribution in [3.63, 3.8) is 0 Å². The fraction of sp³-hybridized carbons (Fsp3) is 0. The molecule has 152 valence electrons. The Morgan fingerprint density at radius 1 is 0.781 bits per heavy atom. The molecule has 2 heterocycles. The topological polar surface area (TPSA) is 47.8 Å². The molecule has 4 aromatic carbocycles. The fourth-order valence-electron chi connectivity index (χ4n) is 4.18. The Hall–Kier alpha value is -4.02. The summed E-state index contributed by atoms with van der Waals surface area (Å²) in [5.74, 6) is 0.397. The molecule has 0 amide bonds. The molecular weight excluding hydrogens is 418 g/mol. The number of fused-ring (bicyclic) bond motifs is 3. The maximum absolute atomic E-state index is 13.8. The number of nitrogens with zero attached hydrogens (tertiary/aromatic N) is 3. The van der Waals surface area contributed by atoms with Crippen molar-refractivity contribution < 1.29 is 4.79 Å². The van der Waals surface area contributed by atoms with Crippen LogP contribution in [-0.2, 0) is 0 Å². The van der Waals surface area contributed by atoms with Crippen LogP contribution in [0.4, 0.5) is 0 Å². The van der Waals surface area contributed by atoms with Gasteiger partial charge in [0.25, 0.3) is 5.91 Å². The molecule has 0 spiro atoms. The van der Waals surface area contributed by atoms with Crippen molar-refractivity contribution in [2.75, 3.05) is 0 Å². The number of carbonyl (C=O) groups is 1. The Labute approximate surface area is 188 Å². The molecular formula is C27H16ClN3O. The summed E-state index contributed by atoms with van der Waals surface area (Å²) in [6.07, 6.45) is 1.62. The summed E-state index contributed by atoms with van der Waals surface area (Å²) in [7, 11) is 0. The highest BCUT2D eigenvalue weighted by atomic mass is 35.5. The van der Waals surface area contributed by atoms with Gasteiger partial charge in [-0.1, -0.05) is 72.3 Å². The van der Waals surface area contributed by atoms with Crippen molar-refractivity contribution in [1.29, 1.82) is 0 Å². The Morgan fingerprint density at radius 2 is 1.56 bits per heavy atom. The number of benzene rings is 4. The van der Waals surface area contributed by atoms with Crippen LogP contribution >= 0.6 is 11.6 Å². The first kappa shape index (κ1) is 18.7. The molecule has 0 bridgehead atoms. The van der Waals surface area contributed by atoms with Gasteiger partial charge in [0.2, 0.25) is 0 Å². The van der Waals surface area contributed by atoms with Gasteiger partial charge in [0, 0.05) is 22.2 Å². The Morgan fingerprint density at radius 3 is 2.47 bits per heavy atom. The number of hydrogen-bond acceptors (Lipinski definition) is 3. The van der Waals surface area contributed by atoms with Gasteiger partial charge in [0.1, 0.15) is 5.82 Å². The molecule has 0 atom stereocenters. The molecule has 6 aromatic rings. The predicted octanol–water partition coefficient (Wildman–Crippen LogP) is 6.75. The van der Waals surface area contributed by atoms with Crippen molar-refractivity contribution in [2.24, 2.45) is 0 Å². The van der Waals surface area contributed by atoms with Gasteiger partial charge in [-0.3, -0.25) is 14.3 Å². The first-order chi connectivity index (χ1) is 15.7. The number of aromatic nitrogens is 3. The third-order valence-corrected chi connectivity index (χ3v) is 5.92. The normalized spacial score (nSPS) is 11.4. The zero-order chi connectivity index (χ0) is 21.7. The Balaban J connectivity index is 1.64. The molecule has 0 aliphatic rings. The molecule has 32 heavy (non-hydrogen) atoms. The standard InChI is InChI=1S/C27H16ClN3O/c28-20-12-13-25-24(15-20)30-26(22-10-5-8-17-6-1-3-9-21(17)22)31(25)27(32)19-14-18-7-2-4-11-23(18)29-16-19/h1-16H. The zero-order valence-corrected chi connectivity index (χ0v) is 17.6. The first-order valence-corrected chi connectivity index (χ1v) is 10.6. The third-order valence-electron chi connectivity index (χ3n) is 5.69. The van der Waals surface area contributed by atoms with Crippen LogP contribution in [0.5, 0.6) is 0 Å². The highest BCUT2D eigenvalue weighted by Crippen LogP contribution is 2.32. The molecule has 6 rings (SSSR count). The van der Waals surface area contributed by atoms with Crippen LogP contribution in [0, 0.1) is 0 Å². The molecule has 0 saturated heterocycles. The SMILES string of the molecule is O=C(c1cnc2ccccc2c1)n1c(-c2cccc3ccccc23)nc2cc(Cl)ccc21. The van der Waals surface area contributed by atoms with Crippen molar-refractivity contribution in [2.45, 2.75) is 0 Å². The van der Waals surface area contributed by atoms with Crippen molar-refractivity contribution in [1.82, 2.24) is 14.5 Å². The summed E-state index contributed by atoms with van der Waals surface area (Å²) in [6, 6.07) is 29.2. The van der Waals surface area contributed by atoms with Crippen LogP contribution in [0.3, 0.4) is 0 Å². The highest BCUT2D eigenvalue weighted by Gasteiger charge is 2.21. The lowest BCUT2D eigenvalue weighted by Crippen LogP contribution is -2.14. The van der Waals surface area contributed by atoms with E-state index in [9.17, 15) is 4.79 Å². The van der Waals surface area contributed by atoms with Crippen LogP contribution in [0.25, 0.3) is 44.1 Å². The van der Waals surface area contributed by atoms with E-state index in [1.807, 2.05) is 66.7 Å². The van der Waals surface area contributed by atoms with Gasteiger partial charge in [0.05, 0.1) is 22.1 Å². The molecule has 5 heteroatoms. The van der Waals surface area contributed by atoms with Crippen LogP contribution in [-0.4, -0.2) is 20.4 Å². The van der Waals surface area contributed by atoms with E-state index in [1.165, 1.54) is 0 Å². The zero-order valence-electron chi connectivity index (χ0n) is 16.9. The minimum absolute atomic E-state index is 0.184. The Bertz CT molecular complexity index is 1660. The second-order valence-electron chi connectivity index (χ2n) is 7.65. The van der Waals surface area contributed by atoms with Gasteiger partial charge in [-0.2, -0.15) is 0 Å². The lowest BCUT2D eigenvalue weighted by molar-refractivity contribution is 0.0966. The van der Waals surface area contributed by atoms with E-state index < -0.39 is 0 Å². The first-order valence-electron chi connectivity index (χ1n) is 10.2. The molecule has 0 N–H and O–H groups in total. The molecule has 0 aliphatic carbocycles. The number of para-hydroxylation sites is 1. The van der Waals surface area contributed by atoms with Gasteiger partial charge < -0.3 is 0 Å². The van der Waals surface area contributed by atoms with Crippen molar-refractivity contribution in [3.05, 3.63) is 108 Å². The van der Waals surface area contributed by atoms with E-state index in [1.54, 1.807) is 22.9 Å². The largest absolute Gasteiger partial charge is 0.268 e. The van der Waals surface area contributed by atoms with Crippen LogP contribution < -0.4 is 0 Å². The maximum atomic E-state index is 13.8. The quantitative estimate of drug-likeness (QED) is 0.303. The second-order valence-corrected chi connectivity index (χ2v) is 8.09. The van der Waals surface area contributed by atoms with Gasteiger partial charge >= 0.3 is 0 Å². The number of pyridine rings is 1. The summed E-state index contributed by atoms with van der Waals surface area (Å²) in [5, 5.41) is 3.60. The van der Waals surface area contributed by atoms with E-state index in [0.717, 1.165) is 27.2 Å². The van der Waals surface area contributed by atoms with Crippen molar-refractivity contribution >= 4 is 50.2 Å². The number of carbonyl (C=O) groups excluding carboxylic acids is 1. The molecule has 2 aromatic heterocycles. The summed E-state index contributed by atoms with van der Waals surface area (Å²) >= 11 is 6.24. The average Bonchev–Trinajstić information content (AvgIpc) is 3.21. The van der Waals surface area contributed by atoms with Gasteiger partial charge in [-0.25, -0.2) is 4.98 Å². The third kappa shape index (κ3) is 2.96. The van der Waals surface area contributed by atoms with E-state index in [2.05, 4.69) is 17.1 Å². The minimum atomic E-state index is -0.184. The monoisotopic (exact) mass is 433 g/mol. The van der Waals surface area contributed by atoms with Crippen LogP contribution in [0.2, 0.25) is 5.02 Å². The molecule has 0 radical (unpaired) electrons. The summed E-state index contributed by atoms with van der Waals surface area (Å²) in [4.78, 5) is 23.2. The molecule has 0 unspecified atom stereocenters. The predicted molar refractivity (Wildman–Crippen MR) is 129 cm³/mol. The summed E-state index contributed by atoms with van der Waals surface area (Å²) in [6.45, 7) is 0. The van der Waals surface area contributed by atoms with Gasteiger partial charge in [-0.05, 0) is 41.1 Å². The average molecular weight is 434 g/mol. The smallest absolute Gasteiger partial charge is 0.265 e. The second kappa shape index (κ2) is 7.29. The number of halogens is 1. The lowest BCUT2D eigenvalue weighted by Gasteiger charge is -2.11. The molecule has 0 aliphatic heterocycles. The highest BCUT2D eigenvalue weighted by molar-refractivity contribution is 6.31. The fourth-order valence-corrected chi connectivity index (χ4v) is 4.34. The number of rotatable bonds is 2. The van der Waals surface area contributed by atoms with Crippen LogP contribution in [0.1, 0.15) is 10.4 Å². The Kier molecular flexibility index (Phi) is 4.27. The maximum Gasteiger partial charge on any atom is 0.265 e. The van der Waals surface area contributed by atoms with E-state index in [0.29, 0.717) is 27.4 Å². The van der Waals surface area contributed by atoms with Gasteiger partial charge in [0.15, 0.2) is 0 Å². The summed E-state index contributed by atoms with van der Waals surface area (Å²) < 4.78 is 1.67. The molecule has 0 saturated carbocycles. The van der Waals surface area contributed by atoms with E-state index >= 15 is 0 Å². The van der Waals surface area contributed by atoms with Crippen molar-refractivity contribution in [3.8, 4) is 11.4 Å². The van der Waals surface area contributed by atoms with E-state index in [-0.39, 0.29) is 5.91 Å². The molecule has 0 fully saturated rings. The summed E-state index contributed by atoms with van der Waals surface area (Å²) in [5.41, 5.74) is 3.61. The lowest BCUT2D eigenvalue weighted by atomic mass is 10.0. The molecule has 4 nitrogen and oxygen atoms in total. The number of hydrogen-bond donors (Lipinski definition) is 0.